The maximum atomic E-state index is 13.1. The Labute approximate surface area is 244 Å². The Kier molecular flexibility index (Phi) is 8.27. The normalized spacial score (nSPS) is 11.2. The summed E-state index contributed by atoms with van der Waals surface area (Å²) in [7, 11) is 1.60. The lowest BCUT2D eigenvalue weighted by molar-refractivity contribution is -0.112. The van der Waals surface area contributed by atoms with Crippen molar-refractivity contribution in [3.8, 4) is 28.8 Å². The summed E-state index contributed by atoms with van der Waals surface area (Å²) >= 11 is 13.7. The molecule has 1 N–H and O–H groups in total. The van der Waals surface area contributed by atoms with Crippen LogP contribution in [0.15, 0.2) is 90.8 Å². The van der Waals surface area contributed by atoms with Gasteiger partial charge in [0.15, 0.2) is 5.13 Å². The molecule has 0 fully saturated rings. The highest BCUT2D eigenvalue weighted by Crippen LogP contribution is 2.29. The van der Waals surface area contributed by atoms with Crippen molar-refractivity contribution in [1.29, 1.82) is 5.26 Å². The number of methoxy groups -OCH3 is 1. The molecule has 2 aromatic heterocycles. The molecule has 0 saturated carbocycles. The average Bonchev–Trinajstić information content (AvgIpc) is 3.61. The molecule has 10 heteroatoms. The zero-order chi connectivity index (χ0) is 28.1. The molecule has 1 amide bonds. The lowest BCUT2D eigenvalue weighted by Gasteiger charge is -2.03. The summed E-state index contributed by atoms with van der Waals surface area (Å²) in [5, 5.41) is 18.9. The van der Waals surface area contributed by atoms with E-state index in [2.05, 4.69) is 10.3 Å². The molecular weight excluding hydrogens is 565 g/mol. The summed E-state index contributed by atoms with van der Waals surface area (Å²) in [5.74, 6) is 0.137. The number of carbonyl (C=O) groups excluding carboxylic acids is 1. The number of carbonyl (C=O) groups is 1. The minimum absolute atomic E-state index is 0.0861. The summed E-state index contributed by atoms with van der Waals surface area (Å²) in [4.78, 5) is 18.3. The van der Waals surface area contributed by atoms with E-state index in [1.165, 1.54) is 17.4 Å². The fourth-order valence-corrected chi connectivity index (χ4v) is 5.17. The summed E-state index contributed by atoms with van der Waals surface area (Å²) in [5.41, 5.74) is 3.64. The largest absolute Gasteiger partial charge is 0.497 e. The molecule has 0 aliphatic rings. The van der Waals surface area contributed by atoms with E-state index in [0.717, 1.165) is 21.7 Å². The highest BCUT2D eigenvalue weighted by molar-refractivity contribution is 7.15. The number of aromatic nitrogens is 3. The summed E-state index contributed by atoms with van der Waals surface area (Å²) in [6.45, 7) is 0. The van der Waals surface area contributed by atoms with Crippen LogP contribution in [0, 0.1) is 11.3 Å². The minimum Gasteiger partial charge on any atom is -0.497 e. The maximum Gasteiger partial charge on any atom is 0.268 e. The van der Waals surface area contributed by atoms with Crippen LogP contribution in [0.3, 0.4) is 0 Å². The number of thiazole rings is 1. The summed E-state index contributed by atoms with van der Waals surface area (Å²) < 4.78 is 6.99. The molecule has 0 atom stereocenters. The van der Waals surface area contributed by atoms with Gasteiger partial charge in [0.2, 0.25) is 0 Å². The van der Waals surface area contributed by atoms with Gasteiger partial charge < -0.3 is 4.74 Å². The Morgan fingerprint density at radius 3 is 2.62 bits per heavy atom. The van der Waals surface area contributed by atoms with Crippen LogP contribution < -0.4 is 10.1 Å². The quantitative estimate of drug-likeness (QED) is 0.151. The van der Waals surface area contributed by atoms with Crippen molar-refractivity contribution in [2.75, 3.05) is 12.4 Å². The number of anilines is 1. The second-order valence-corrected chi connectivity index (χ2v) is 10.6. The molecular formula is C30H21Cl2N5O2S. The number of amides is 1. The van der Waals surface area contributed by atoms with Crippen LogP contribution in [-0.2, 0) is 11.2 Å². The van der Waals surface area contributed by atoms with Crippen LogP contribution in [0.25, 0.3) is 23.0 Å². The van der Waals surface area contributed by atoms with Crippen molar-refractivity contribution in [2.45, 2.75) is 6.42 Å². The van der Waals surface area contributed by atoms with Gasteiger partial charge in [-0.15, -0.1) is 11.3 Å². The third-order valence-corrected chi connectivity index (χ3v) is 7.45. The first-order valence-corrected chi connectivity index (χ1v) is 13.6. The predicted octanol–water partition coefficient (Wildman–Crippen LogP) is 7.45. The number of nitriles is 1. The summed E-state index contributed by atoms with van der Waals surface area (Å²) in [6.07, 6.45) is 5.49. The van der Waals surface area contributed by atoms with Gasteiger partial charge in [-0.05, 0) is 66.2 Å². The number of para-hydroxylation sites is 1. The van der Waals surface area contributed by atoms with Gasteiger partial charge in [0, 0.05) is 44.9 Å². The van der Waals surface area contributed by atoms with Crippen LogP contribution in [0.2, 0.25) is 10.0 Å². The first-order chi connectivity index (χ1) is 19.4. The van der Waals surface area contributed by atoms with Crippen LogP contribution >= 0.6 is 34.5 Å². The van der Waals surface area contributed by atoms with Gasteiger partial charge in [0.1, 0.15) is 17.4 Å². The number of nitrogens with zero attached hydrogens (tertiary/aromatic N) is 4. The molecule has 0 bridgehead atoms. The highest BCUT2D eigenvalue weighted by Gasteiger charge is 2.17. The number of nitrogens with one attached hydrogen (secondary N) is 1. The van der Waals surface area contributed by atoms with Gasteiger partial charge in [-0.2, -0.15) is 10.4 Å². The molecule has 5 aromatic rings. The van der Waals surface area contributed by atoms with Gasteiger partial charge in [-0.3, -0.25) is 10.1 Å². The molecule has 0 saturated heterocycles. The van der Waals surface area contributed by atoms with E-state index in [-0.39, 0.29) is 5.57 Å². The van der Waals surface area contributed by atoms with Crippen LogP contribution in [0.4, 0.5) is 5.13 Å². The predicted molar refractivity (Wildman–Crippen MR) is 159 cm³/mol. The molecule has 0 aliphatic carbocycles. The standard InChI is InChI=1S/C30H21Cl2N5O2S/c1-39-25-10-7-19(8-11-25)28-22(18-37(36-28)24-5-3-2-4-6-24)13-21(16-33)29(38)35-30-34-17-26(40-30)15-20-14-23(31)9-12-27(20)32/h2-14,17-18H,15H2,1H3,(H,34,35,38)/b21-13+. The lowest BCUT2D eigenvalue weighted by atomic mass is 10.1. The average molecular weight is 587 g/mol. The zero-order valence-corrected chi connectivity index (χ0v) is 23.5. The lowest BCUT2D eigenvalue weighted by Crippen LogP contribution is -2.13. The first kappa shape index (κ1) is 27.2. The number of benzene rings is 3. The van der Waals surface area contributed by atoms with Crippen LogP contribution in [-0.4, -0.2) is 27.8 Å². The highest BCUT2D eigenvalue weighted by atomic mass is 35.5. The van der Waals surface area contributed by atoms with Gasteiger partial charge in [0.05, 0.1) is 18.5 Å². The Balaban J connectivity index is 1.42. The molecule has 40 heavy (non-hydrogen) atoms. The Morgan fingerprint density at radius 1 is 1.12 bits per heavy atom. The number of halogens is 2. The van der Waals surface area contributed by atoms with E-state index in [0.29, 0.717) is 38.6 Å². The third-order valence-electron chi connectivity index (χ3n) is 5.94. The zero-order valence-electron chi connectivity index (χ0n) is 21.1. The topological polar surface area (TPSA) is 92.8 Å². The van der Waals surface area contributed by atoms with Crippen molar-refractivity contribution in [3.63, 3.8) is 0 Å². The fourth-order valence-electron chi connectivity index (χ4n) is 3.96. The second-order valence-electron chi connectivity index (χ2n) is 8.61. The first-order valence-electron chi connectivity index (χ1n) is 12.0. The molecule has 2 heterocycles. The van der Waals surface area contributed by atoms with Gasteiger partial charge in [-0.25, -0.2) is 9.67 Å². The number of ether oxygens (including phenoxy) is 1. The Bertz CT molecular complexity index is 1740. The van der Waals surface area contributed by atoms with E-state index in [1.54, 1.807) is 42.4 Å². The van der Waals surface area contributed by atoms with Crippen molar-refractivity contribution < 1.29 is 9.53 Å². The molecule has 198 valence electrons. The van der Waals surface area contributed by atoms with E-state index < -0.39 is 5.91 Å². The van der Waals surface area contributed by atoms with E-state index in [9.17, 15) is 10.1 Å². The molecule has 5 rings (SSSR count). The van der Waals surface area contributed by atoms with Crippen molar-refractivity contribution in [1.82, 2.24) is 14.8 Å². The molecule has 7 nitrogen and oxygen atoms in total. The fraction of sp³-hybridized carbons (Fsp3) is 0.0667. The molecule has 0 radical (unpaired) electrons. The maximum absolute atomic E-state index is 13.1. The van der Waals surface area contributed by atoms with Gasteiger partial charge >= 0.3 is 0 Å². The second kappa shape index (κ2) is 12.2. The number of rotatable bonds is 8. The van der Waals surface area contributed by atoms with Crippen LogP contribution in [0.5, 0.6) is 5.75 Å². The molecule has 0 aliphatic heterocycles. The molecule has 0 unspecified atom stereocenters. The van der Waals surface area contributed by atoms with Crippen molar-refractivity contribution in [2.24, 2.45) is 0 Å². The SMILES string of the molecule is COc1ccc(-c2nn(-c3ccccc3)cc2/C=C(\C#N)C(=O)Nc2ncc(Cc3cc(Cl)ccc3Cl)s2)cc1. The molecule has 0 spiro atoms. The summed E-state index contributed by atoms with van der Waals surface area (Å²) in [6, 6.07) is 24.3. The number of hydrogen-bond acceptors (Lipinski definition) is 6. The van der Waals surface area contributed by atoms with Crippen LogP contribution in [0.1, 0.15) is 16.0 Å². The Hall–Kier alpha value is -4.42. The van der Waals surface area contributed by atoms with Gasteiger partial charge in [0.25, 0.3) is 5.91 Å². The third kappa shape index (κ3) is 6.24. The monoisotopic (exact) mass is 585 g/mol. The molecule has 3 aromatic carbocycles. The van der Waals surface area contributed by atoms with Crippen molar-refractivity contribution >= 4 is 51.7 Å². The van der Waals surface area contributed by atoms with Crippen molar-refractivity contribution in [3.05, 3.63) is 117 Å². The van der Waals surface area contributed by atoms with E-state index in [1.807, 2.05) is 60.7 Å². The Morgan fingerprint density at radius 2 is 1.90 bits per heavy atom. The number of hydrogen-bond donors (Lipinski definition) is 1. The van der Waals surface area contributed by atoms with E-state index >= 15 is 0 Å². The van der Waals surface area contributed by atoms with Gasteiger partial charge in [-0.1, -0.05) is 41.4 Å². The smallest absolute Gasteiger partial charge is 0.268 e. The van der Waals surface area contributed by atoms with E-state index in [4.69, 9.17) is 33.0 Å². The minimum atomic E-state index is -0.572.